The zero-order chi connectivity index (χ0) is 19.9. The number of nitrogens with zero attached hydrogens (tertiary/aromatic N) is 3. The Morgan fingerprint density at radius 2 is 1.89 bits per heavy atom. The van der Waals surface area contributed by atoms with E-state index in [0.29, 0.717) is 36.5 Å². The summed E-state index contributed by atoms with van der Waals surface area (Å²) in [5.74, 6) is -0.972. The lowest BCUT2D eigenvalue weighted by molar-refractivity contribution is 0.0952. The molecule has 0 aliphatic carbocycles. The molecule has 0 atom stereocenters. The van der Waals surface area contributed by atoms with E-state index in [1.165, 1.54) is 12.1 Å². The highest BCUT2D eigenvalue weighted by Gasteiger charge is 2.14. The largest absolute Gasteiger partial charge is 0.368 e. The fourth-order valence-corrected chi connectivity index (χ4v) is 3.21. The Bertz CT molecular complexity index is 934. The molecule has 0 bridgehead atoms. The Morgan fingerprint density at radius 1 is 1.14 bits per heavy atom. The van der Waals surface area contributed by atoms with Crippen LogP contribution in [0.15, 0.2) is 59.8 Å². The van der Waals surface area contributed by atoms with Crippen LogP contribution in [0, 0.1) is 6.92 Å². The van der Waals surface area contributed by atoms with Crippen LogP contribution in [0.2, 0.25) is 0 Å². The number of aromatic nitrogens is 3. The molecule has 2 heterocycles. The number of carbonyl (C=O) groups is 1. The molecule has 1 amide bonds. The zero-order valence-electron chi connectivity index (χ0n) is 15.1. The van der Waals surface area contributed by atoms with Gasteiger partial charge in [0.1, 0.15) is 17.5 Å². The predicted molar refractivity (Wildman–Crippen MR) is 105 cm³/mol. The van der Waals surface area contributed by atoms with Crippen molar-refractivity contribution < 1.29 is 13.6 Å². The lowest BCUT2D eigenvalue weighted by atomic mass is 10.2. The average Bonchev–Trinajstić information content (AvgIpc) is 3.19. The predicted octanol–water partition coefficient (Wildman–Crippen LogP) is 3.73. The minimum absolute atomic E-state index is 0.237. The zero-order valence-corrected chi connectivity index (χ0v) is 15.9. The van der Waals surface area contributed by atoms with E-state index in [0.717, 1.165) is 5.82 Å². The van der Waals surface area contributed by atoms with E-state index in [1.807, 2.05) is 35.2 Å². The fourth-order valence-electron chi connectivity index (χ4n) is 2.58. The van der Waals surface area contributed by atoms with Crippen LogP contribution in [-0.4, -0.2) is 39.3 Å². The van der Waals surface area contributed by atoms with Gasteiger partial charge < -0.3 is 15.2 Å². The number of hydrogen-bond donors (Lipinski definition) is 2. The van der Waals surface area contributed by atoms with Gasteiger partial charge in [-0.2, -0.15) is 8.78 Å². The molecule has 0 saturated heterocycles. The maximum Gasteiger partial charge on any atom is 0.288 e. The molecule has 2 N–H and O–H groups in total. The summed E-state index contributed by atoms with van der Waals surface area (Å²) < 4.78 is 27.1. The van der Waals surface area contributed by atoms with E-state index in [2.05, 4.69) is 20.6 Å². The van der Waals surface area contributed by atoms with Gasteiger partial charge in [-0.25, -0.2) is 9.97 Å². The number of nitrogens with one attached hydrogen (secondary N) is 2. The Balaban J connectivity index is 1.56. The van der Waals surface area contributed by atoms with Crippen LogP contribution < -0.4 is 10.6 Å². The number of aryl methyl sites for hydroxylation is 1. The van der Waals surface area contributed by atoms with Crippen LogP contribution in [0.1, 0.15) is 16.2 Å². The summed E-state index contributed by atoms with van der Waals surface area (Å²) in [4.78, 5) is 21.3. The lowest BCUT2D eigenvalue weighted by Gasteiger charge is -2.11. The molecule has 0 saturated carbocycles. The topological polar surface area (TPSA) is 71.8 Å². The van der Waals surface area contributed by atoms with E-state index in [9.17, 15) is 13.6 Å². The second-order valence-electron chi connectivity index (χ2n) is 5.81. The highest BCUT2D eigenvalue weighted by molar-refractivity contribution is 7.99. The van der Waals surface area contributed by atoms with Crippen LogP contribution in [0.3, 0.4) is 0 Å². The number of rotatable bonds is 8. The lowest BCUT2D eigenvalue weighted by Crippen LogP contribution is -2.29. The molecule has 2 aromatic heterocycles. The molecule has 0 unspecified atom stereocenters. The van der Waals surface area contributed by atoms with Crippen molar-refractivity contribution in [2.45, 2.75) is 17.6 Å². The van der Waals surface area contributed by atoms with Gasteiger partial charge in [0.2, 0.25) is 0 Å². The number of benzene rings is 1. The van der Waals surface area contributed by atoms with E-state index in [1.54, 1.807) is 19.1 Å². The van der Waals surface area contributed by atoms with Gasteiger partial charge in [-0.05, 0) is 31.2 Å². The standard InChI is InChI=1S/C19H19F2N5OS/c1-13-24-16(12-17(25-13)26-10-4-5-11-26)22-8-9-23-18(27)14-6-2-3-7-15(14)28-19(20)21/h2-7,10-12,19H,8-9H2,1H3,(H,23,27)(H,22,24,25). The quantitative estimate of drug-likeness (QED) is 0.443. The molecule has 6 nitrogen and oxygen atoms in total. The molecule has 3 rings (SSSR count). The molecular formula is C19H19F2N5OS. The average molecular weight is 403 g/mol. The van der Waals surface area contributed by atoms with E-state index < -0.39 is 11.7 Å². The first-order chi connectivity index (χ1) is 13.5. The molecule has 0 aliphatic rings. The summed E-state index contributed by atoms with van der Waals surface area (Å²) in [6.45, 7) is 2.55. The molecular weight excluding hydrogens is 384 g/mol. The summed E-state index contributed by atoms with van der Waals surface area (Å²) in [5, 5.41) is 5.87. The Morgan fingerprint density at radius 3 is 2.64 bits per heavy atom. The van der Waals surface area contributed by atoms with Gasteiger partial charge in [0, 0.05) is 36.4 Å². The van der Waals surface area contributed by atoms with E-state index in [-0.39, 0.29) is 10.5 Å². The van der Waals surface area contributed by atoms with Crippen molar-refractivity contribution >= 4 is 23.5 Å². The monoisotopic (exact) mass is 403 g/mol. The second-order valence-corrected chi connectivity index (χ2v) is 6.84. The van der Waals surface area contributed by atoms with Crippen molar-refractivity contribution in [3.63, 3.8) is 0 Å². The molecule has 3 aromatic rings. The molecule has 28 heavy (non-hydrogen) atoms. The molecule has 1 aromatic carbocycles. The highest BCUT2D eigenvalue weighted by Crippen LogP contribution is 2.28. The number of alkyl halides is 2. The number of anilines is 1. The maximum absolute atomic E-state index is 12.6. The van der Waals surface area contributed by atoms with Crippen LogP contribution in [0.25, 0.3) is 5.82 Å². The number of hydrogen-bond acceptors (Lipinski definition) is 5. The van der Waals surface area contributed by atoms with Crippen molar-refractivity contribution in [1.82, 2.24) is 19.9 Å². The summed E-state index contributed by atoms with van der Waals surface area (Å²) in [6, 6.07) is 11.9. The van der Waals surface area contributed by atoms with E-state index in [4.69, 9.17) is 0 Å². The van der Waals surface area contributed by atoms with Gasteiger partial charge in [-0.3, -0.25) is 4.79 Å². The Kier molecular flexibility index (Phi) is 6.59. The molecule has 0 spiro atoms. The first-order valence-electron chi connectivity index (χ1n) is 8.58. The summed E-state index contributed by atoms with van der Waals surface area (Å²) in [7, 11) is 0. The van der Waals surface area contributed by atoms with Crippen molar-refractivity contribution in [2.75, 3.05) is 18.4 Å². The third-order valence-corrected chi connectivity index (χ3v) is 4.55. The summed E-state index contributed by atoms with van der Waals surface area (Å²) in [6.07, 6.45) is 3.78. The first-order valence-corrected chi connectivity index (χ1v) is 9.46. The Hall–Kier alpha value is -2.94. The minimum Gasteiger partial charge on any atom is -0.368 e. The highest BCUT2D eigenvalue weighted by atomic mass is 32.2. The molecule has 0 radical (unpaired) electrons. The SMILES string of the molecule is Cc1nc(NCCNC(=O)c2ccccc2SC(F)F)cc(-n2cccc2)n1. The van der Waals surface area contributed by atoms with Gasteiger partial charge in [0.25, 0.3) is 11.7 Å². The van der Waals surface area contributed by atoms with Crippen LogP contribution in [-0.2, 0) is 0 Å². The first kappa shape index (κ1) is 19.8. The summed E-state index contributed by atoms with van der Waals surface area (Å²) >= 11 is 0.362. The maximum atomic E-state index is 12.6. The molecule has 9 heteroatoms. The Labute approximate surface area is 165 Å². The van der Waals surface area contributed by atoms with Crippen LogP contribution in [0.5, 0.6) is 0 Å². The smallest absolute Gasteiger partial charge is 0.288 e. The summed E-state index contributed by atoms with van der Waals surface area (Å²) in [5.41, 5.74) is 0.237. The van der Waals surface area contributed by atoms with Gasteiger partial charge in [-0.1, -0.05) is 23.9 Å². The normalized spacial score (nSPS) is 10.9. The molecule has 0 aliphatic heterocycles. The van der Waals surface area contributed by atoms with Crippen molar-refractivity contribution in [1.29, 1.82) is 0 Å². The molecule has 0 fully saturated rings. The molecule has 146 valence electrons. The number of thioether (sulfide) groups is 1. The van der Waals surface area contributed by atoms with Crippen molar-refractivity contribution in [2.24, 2.45) is 0 Å². The fraction of sp³-hybridized carbons (Fsp3) is 0.211. The van der Waals surface area contributed by atoms with Crippen LogP contribution >= 0.6 is 11.8 Å². The van der Waals surface area contributed by atoms with Gasteiger partial charge in [-0.15, -0.1) is 0 Å². The third kappa shape index (κ3) is 5.29. The van der Waals surface area contributed by atoms with Crippen molar-refractivity contribution in [3.05, 3.63) is 66.2 Å². The van der Waals surface area contributed by atoms with Gasteiger partial charge in [0.15, 0.2) is 0 Å². The minimum atomic E-state index is -2.58. The van der Waals surface area contributed by atoms with E-state index >= 15 is 0 Å². The van der Waals surface area contributed by atoms with Crippen molar-refractivity contribution in [3.8, 4) is 5.82 Å². The second kappa shape index (κ2) is 9.32. The van der Waals surface area contributed by atoms with Gasteiger partial charge in [0.05, 0.1) is 5.56 Å². The van der Waals surface area contributed by atoms with Crippen LogP contribution in [0.4, 0.5) is 14.6 Å². The third-order valence-electron chi connectivity index (χ3n) is 3.76. The number of halogens is 2. The number of amides is 1. The van der Waals surface area contributed by atoms with Gasteiger partial charge >= 0.3 is 0 Å². The number of carbonyl (C=O) groups excluding carboxylic acids is 1.